The number of rotatable bonds is 3. The minimum absolute atomic E-state index is 0.109. The molecule has 1 aromatic carbocycles. The molecule has 3 nitrogen and oxygen atoms in total. The van der Waals surface area contributed by atoms with Gasteiger partial charge in [0.05, 0.1) is 6.42 Å². The zero-order chi connectivity index (χ0) is 12.3. The molecule has 92 valence electrons. The Morgan fingerprint density at radius 2 is 2.12 bits per heavy atom. The fraction of sp³-hybridized carbons (Fsp3) is 0.500. The van der Waals surface area contributed by atoms with Gasteiger partial charge in [-0.05, 0) is 36.5 Å². The van der Waals surface area contributed by atoms with Gasteiger partial charge >= 0.3 is 5.97 Å². The van der Waals surface area contributed by atoms with E-state index in [2.05, 4.69) is 17.9 Å². The lowest BCUT2D eigenvalue weighted by molar-refractivity contribution is -0.136. The molecule has 1 aromatic rings. The second-order valence-electron chi connectivity index (χ2n) is 4.91. The van der Waals surface area contributed by atoms with Gasteiger partial charge in [0.2, 0.25) is 0 Å². The number of carboxylic acid groups (broad SMARTS) is 1. The van der Waals surface area contributed by atoms with Crippen molar-refractivity contribution in [3.05, 3.63) is 29.8 Å². The van der Waals surface area contributed by atoms with Crippen LogP contribution in [0.3, 0.4) is 0 Å². The van der Waals surface area contributed by atoms with Gasteiger partial charge in [0.15, 0.2) is 0 Å². The SMILES string of the molecule is CC1CCN(c2cccc(CC(=O)O)c2)CC1. The number of hydrogen-bond acceptors (Lipinski definition) is 2. The summed E-state index contributed by atoms with van der Waals surface area (Å²) in [5, 5.41) is 8.79. The molecule has 1 aliphatic heterocycles. The number of piperidine rings is 1. The quantitative estimate of drug-likeness (QED) is 0.872. The molecule has 1 saturated heterocycles. The lowest BCUT2D eigenvalue weighted by Gasteiger charge is -2.32. The van der Waals surface area contributed by atoms with Crippen LogP contribution in [-0.2, 0) is 11.2 Å². The molecule has 1 N–H and O–H groups in total. The number of aliphatic carboxylic acids is 1. The first kappa shape index (κ1) is 12.0. The standard InChI is InChI=1S/C14H19NO2/c1-11-5-7-15(8-6-11)13-4-2-3-12(9-13)10-14(16)17/h2-4,9,11H,5-8,10H2,1H3,(H,16,17). The van der Waals surface area contributed by atoms with Crippen molar-refractivity contribution in [2.24, 2.45) is 5.92 Å². The first-order valence-electron chi connectivity index (χ1n) is 6.21. The van der Waals surface area contributed by atoms with E-state index in [9.17, 15) is 4.79 Å². The summed E-state index contributed by atoms with van der Waals surface area (Å²) in [5.74, 6) is 0.0443. The zero-order valence-electron chi connectivity index (χ0n) is 10.2. The Morgan fingerprint density at radius 1 is 1.41 bits per heavy atom. The molecule has 0 bridgehead atoms. The molecular weight excluding hydrogens is 214 g/mol. The molecule has 0 aromatic heterocycles. The highest BCUT2D eigenvalue weighted by atomic mass is 16.4. The highest BCUT2D eigenvalue weighted by Gasteiger charge is 2.16. The van der Waals surface area contributed by atoms with E-state index in [4.69, 9.17) is 5.11 Å². The zero-order valence-corrected chi connectivity index (χ0v) is 10.2. The number of hydrogen-bond donors (Lipinski definition) is 1. The molecule has 17 heavy (non-hydrogen) atoms. The van der Waals surface area contributed by atoms with Crippen LogP contribution in [0.25, 0.3) is 0 Å². The molecule has 0 radical (unpaired) electrons. The summed E-state index contributed by atoms with van der Waals surface area (Å²) in [4.78, 5) is 13.0. The van der Waals surface area contributed by atoms with Crippen LogP contribution in [0, 0.1) is 5.92 Å². The molecule has 0 unspecified atom stereocenters. The van der Waals surface area contributed by atoms with Gasteiger partial charge in [-0.25, -0.2) is 0 Å². The van der Waals surface area contributed by atoms with Gasteiger partial charge in [-0.15, -0.1) is 0 Å². The fourth-order valence-electron chi connectivity index (χ4n) is 2.30. The lowest BCUT2D eigenvalue weighted by Crippen LogP contribution is -2.32. The molecule has 1 heterocycles. The third-order valence-corrected chi connectivity index (χ3v) is 3.41. The van der Waals surface area contributed by atoms with E-state index in [0.29, 0.717) is 0 Å². The monoisotopic (exact) mass is 233 g/mol. The molecular formula is C14H19NO2. The van der Waals surface area contributed by atoms with E-state index in [1.54, 1.807) is 0 Å². The summed E-state index contributed by atoms with van der Waals surface area (Å²) in [5.41, 5.74) is 2.05. The second kappa shape index (κ2) is 5.21. The third-order valence-electron chi connectivity index (χ3n) is 3.41. The second-order valence-corrected chi connectivity index (χ2v) is 4.91. The number of carboxylic acids is 1. The van der Waals surface area contributed by atoms with Gasteiger partial charge < -0.3 is 10.0 Å². The Morgan fingerprint density at radius 3 is 2.76 bits per heavy atom. The van der Waals surface area contributed by atoms with E-state index in [1.807, 2.05) is 18.2 Å². The Labute approximate surface area is 102 Å². The summed E-state index contributed by atoms with van der Waals surface area (Å²) in [6.45, 7) is 4.45. The Bertz CT molecular complexity index is 395. The summed E-state index contributed by atoms with van der Waals surface area (Å²) < 4.78 is 0. The first-order chi connectivity index (χ1) is 8.15. The van der Waals surface area contributed by atoms with E-state index in [-0.39, 0.29) is 6.42 Å². The number of anilines is 1. The van der Waals surface area contributed by atoms with E-state index in [1.165, 1.54) is 12.8 Å². The van der Waals surface area contributed by atoms with E-state index >= 15 is 0 Å². The lowest BCUT2D eigenvalue weighted by atomic mass is 9.98. The predicted molar refractivity (Wildman–Crippen MR) is 68.4 cm³/mol. The maximum atomic E-state index is 10.7. The van der Waals surface area contributed by atoms with Crippen molar-refractivity contribution in [3.63, 3.8) is 0 Å². The van der Waals surface area contributed by atoms with Gasteiger partial charge in [0.25, 0.3) is 0 Å². The molecule has 2 rings (SSSR count). The van der Waals surface area contributed by atoms with Crippen molar-refractivity contribution >= 4 is 11.7 Å². The molecule has 3 heteroatoms. The average Bonchev–Trinajstić information content (AvgIpc) is 2.29. The summed E-state index contributed by atoms with van der Waals surface area (Å²) in [6, 6.07) is 7.90. The molecule has 1 aliphatic rings. The van der Waals surface area contributed by atoms with Crippen molar-refractivity contribution in [1.29, 1.82) is 0 Å². The Kier molecular flexibility index (Phi) is 3.67. The van der Waals surface area contributed by atoms with Gasteiger partial charge in [-0.2, -0.15) is 0 Å². The smallest absolute Gasteiger partial charge is 0.307 e. The van der Waals surface area contributed by atoms with E-state index < -0.39 is 5.97 Å². The van der Waals surface area contributed by atoms with Gasteiger partial charge in [0, 0.05) is 18.8 Å². The first-order valence-corrected chi connectivity index (χ1v) is 6.21. The minimum atomic E-state index is -0.769. The van der Waals surface area contributed by atoms with Gasteiger partial charge in [-0.1, -0.05) is 19.1 Å². The molecule has 1 fully saturated rings. The molecule has 0 atom stereocenters. The van der Waals surface area contributed by atoms with Crippen LogP contribution in [0.4, 0.5) is 5.69 Å². The Balaban J connectivity index is 2.07. The topological polar surface area (TPSA) is 40.5 Å². The molecule has 0 aliphatic carbocycles. The molecule has 0 amide bonds. The Hall–Kier alpha value is -1.51. The summed E-state index contributed by atoms with van der Waals surface area (Å²) >= 11 is 0. The molecule has 0 spiro atoms. The summed E-state index contributed by atoms with van der Waals surface area (Å²) in [6.07, 6.45) is 2.56. The number of nitrogens with zero attached hydrogens (tertiary/aromatic N) is 1. The molecule has 0 saturated carbocycles. The third kappa shape index (κ3) is 3.22. The average molecular weight is 233 g/mol. The largest absolute Gasteiger partial charge is 0.481 e. The van der Waals surface area contributed by atoms with Crippen LogP contribution < -0.4 is 4.90 Å². The number of benzene rings is 1. The fourth-order valence-corrected chi connectivity index (χ4v) is 2.30. The van der Waals surface area contributed by atoms with Crippen molar-refractivity contribution in [1.82, 2.24) is 0 Å². The van der Waals surface area contributed by atoms with Crippen molar-refractivity contribution in [2.45, 2.75) is 26.2 Å². The predicted octanol–water partition coefficient (Wildman–Crippen LogP) is 2.55. The van der Waals surface area contributed by atoms with Crippen LogP contribution in [0.2, 0.25) is 0 Å². The van der Waals surface area contributed by atoms with Crippen LogP contribution in [0.5, 0.6) is 0 Å². The normalized spacial score (nSPS) is 17.1. The summed E-state index contributed by atoms with van der Waals surface area (Å²) in [7, 11) is 0. The number of carbonyl (C=O) groups is 1. The van der Waals surface area contributed by atoms with Crippen LogP contribution in [0.1, 0.15) is 25.3 Å². The highest BCUT2D eigenvalue weighted by Crippen LogP contribution is 2.23. The van der Waals surface area contributed by atoms with E-state index in [0.717, 1.165) is 30.3 Å². The van der Waals surface area contributed by atoms with Crippen LogP contribution in [-0.4, -0.2) is 24.2 Å². The van der Waals surface area contributed by atoms with Crippen molar-refractivity contribution in [3.8, 4) is 0 Å². The van der Waals surface area contributed by atoms with Gasteiger partial charge in [0.1, 0.15) is 0 Å². The highest BCUT2D eigenvalue weighted by molar-refractivity contribution is 5.70. The van der Waals surface area contributed by atoms with Gasteiger partial charge in [-0.3, -0.25) is 4.79 Å². The van der Waals surface area contributed by atoms with Crippen molar-refractivity contribution < 1.29 is 9.90 Å². The maximum Gasteiger partial charge on any atom is 0.307 e. The van der Waals surface area contributed by atoms with Crippen LogP contribution in [0.15, 0.2) is 24.3 Å². The van der Waals surface area contributed by atoms with Crippen LogP contribution >= 0.6 is 0 Å². The van der Waals surface area contributed by atoms with Crippen molar-refractivity contribution in [2.75, 3.05) is 18.0 Å². The maximum absolute atomic E-state index is 10.7. The minimum Gasteiger partial charge on any atom is -0.481 e.